The molecule has 0 heterocycles. The Kier molecular flexibility index (Phi) is 4.22. The molecule has 0 aromatic heterocycles. The van der Waals surface area contributed by atoms with Crippen LogP contribution >= 0.6 is 0 Å². The van der Waals surface area contributed by atoms with Crippen LogP contribution in [0.5, 0.6) is 0 Å². The van der Waals surface area contributed by atoms with E-state index in [4.69, 9.17) is 10.5 Å². The predicted octanol–water partition coefficient (Wildman–Crippen LogP) is 2.06. The zero-order valence-electron chi connectivity index (χ0n) is 10.1. The van der Waals surface area contributed by atoms with Crippen LogP contribution in [-0.2, 0) is 0 Å². The third kappa shape index (κ3) is 2.74. The normalized spacial score (nSPS) is 11.1. The Morgan fingerprint density at radius 3 is 2.67 bits per heavy atom. The van der Waals surface area contributed by atoms with E-state index in [1.807, 2.05) is 0 Å². The summed E-state index contributed by atoms with van der Waals surface area (Å²) >= 11 is 0. The Balaban J connectivity index is 3.21. The summed E-state index contributed by atoms with van der Waals surface area (Å²) in [5.74, 6) is -0.250. The Morgan fingerprint density at radius 2 is 2.17 bits per heavy atom. The van der Waals surface area contributed by atoms with Crippen LogP contribution in [0.1, 0.15) is 12.5 Å². The molecule has 0 aliphatic carbocycles. The van der Waals surface area contributed by atoms with Gasteiger partial charge in [-0.1, -0.05) is 6.07 Å². The molecule has 0 saturated heterocycles. The van der Waals surface area contributed by atoms with Crippen LogP contribution in [0.25, 0.3) is 0 Å². The minimum atomic E-state index is -0.568. The molecule has 1 aromatic rings. The van der Waals surface area contributed by atoms with Crippen molar-refractivity contribution in [2.75, 3.05) is 18.5 Å². The lowest BCUT2D eigenvalue weighted by atomic mass is 10.1. The quantitative estimate of drug-likeness (QED) is 0.596. The van der Waals surface area contributed by atoms with Crippen molar-refractivity contribution in [3.63, 3.8) is 0 Å². The zero-order chi connectivity index (χ0) is 13.7. The van der Waals surface area contributed by atoms with E-state index in [1.54, 1.807) is 37.1 Å². The van der Waals surface area contributed by atoms with E-state index in [0.717, 1.165) is 0 Å². The highest BCUT2D eigenvalue weighted by molar-refractivity contribution is 5.69. The van der Waals surface area contributed by atoms with Gasteiger partial charge in [-0.25, -0.2) is 0 Å². The second-order valence-corrected chi connectivity index (χ2v) is 3.95. The fraction of sp³-hybridized carbons (Fsp3) is 0.333. The van der Waals surface area contributed by atoms with Crippen molar-refractivity contribution >= 4 is 11.4 Å². The second kappa shape index (κ2) is 5.65. The largest absolute Gasteiger partial charge is 0.368 e. The average molecular weight is 244 g/mol. The molecule has 92 valence electrons. The summed E-state index contributed by atoms with van der Waals surface area (Å²) in [6.07, 6.45) is 0. The van der Waals surface area contributed by atoms with E-state index in [-0.39, 0.29) is 17.2 Å². The van der Waals surface area contributed by atoms with Crippen LogP contribution in [0.15, 0.2) is 18.2 Å². The van der Waals surface area contributed by atoms with E-state index in [2.05, 4.69) is 6.07 Å². The van der Waals surface area contributed by atoms with Crippen LogP contribution in [0, 0.1) is 38.7 Å². The lowest BCUT2D eigenvalue weighted by molar-refractivity contribution is -0.384. The average Bonchev–Trinajstić information content (AvgIpc) is 2.37. The van der Waals surface area contributed by atoms with E-state index in [0.29, 0.717) is 12.2 Å². The number of nitro benzene ring substituents is 1. The SMILES string of the molecule is CC(C#N)CN(C)c1cccc(C#N)c1[N+](=O)[O-]. The number of para-hydroxylation sites is 1. The predicted molar refractivity (Wildman–Crippen MR) is 65.9 cm³/mol. The molecule has 1 unspecified atom stereocenters. The topological polar surface area (TPSA) is 94.0 Å². The van der Waals surface area contributed by atoms with Gasteiger partial charge in [0.2, 0.25) is 0 Å². The lowest BCUT2D eigenvalue weighted by Gasteiger charge is -2.20. The van der Waals surface area contributed by atoms with Crippen molar-refractivity contribution in [1.82, 2.24) is 0 Å². The van der Waals surface area contributed by atoms with Gasteiger partial charge in [0.05, 0.1) is 16.9 Å². The van der Waals surface area contributed by atoms with Crippen LogP contribution in [0.4, 0.5) is 11.4 Å². The minimum absolute atomic E-state index is 0.0222. The maximum atomic E-state index is 11.0. The number of nitro groups is 1. The maximum Gasteiger partial charge on any atom is 0.310 e. The summed E-state index contributed by atoms with van der Waals surface area (Å²) in [6.45, 7) is 2.10. The summed E-state index contributed by atoms with van der Waals surface area (Å²) in [4.78, 5) is 12.1. The zero-order valence-corrected chi connectivity index (χ0v) is 10.1. The summed E-state index contributed by atoms with van der Waals surface area (Å²) in [5, 5.41) is 28.6. The molecule has 0 saturated carbocycles. The molecule has 18 heavy (non-hydrogen) atoms. The maximum absolute atomic E-state index is 11.0. The highest BCUT2D eigenvalue weighted by Gasteiger charge is 2.22. The molecule has 0 spiro atoms. The second-order valence-electron chi connectivity index (χ2n) is 3.95. The van der Waals surface area contributed by atoms with Crippen molar-refractivity contribution in [2.45, 2.75) is 6.92 Å². The highest BCUT2D eigenvalue weighted by Crippen LogP contribution is 2.30. The molecule has 0 fully saturated rings. The van der Waals surface area contributed by atoms with Crippen molar-refractivity contribution in [1.29, 1.82) is 10.5 Å². The number of anilines is 1. The standard InChI is InChI=1S/C12H12N4O2/c1-9(6-13)8-15(2)11-5-3-4-10(7-14)12(11)16(17)18/h3-5,9H,8H2,1-2H3. The highest BCUT2D eigenvalue weighted by atomic mass is 16.6. The number of benzene rings is 1. The molecule has 0 aliphatic heterocycles. The first-order valence-corrected chi connectivity index (χ1v) is 5.29. The Labute approximate surface area is 105 Å². The molecular weight excluding hydrogens is 232 g/mol. The van der Waals surface area contributed by atoms with Crippen LogP contribution in [0.2, 0.25) is 0 Å². The first kappa shape index (κ1) is 13.5. The molecule has 6 heteroatoms. The van der Waals surface area contributed by atoms with Gasteiger partial charge < -0.3 is 4.90 Å². The molecule has 0 amide bonds. The molecule has 0 radical (unpaired) electrons. The van der Waals surface area contributed by atoms with Gasteiger partial charge in [0.25, 0.3) is 0 Å². The summed E-state index contributed by atoms with van der Waals surface area (Å²) in [7, 11) is 1.66. The molecular formula is C12H12N4O2. The van der Waals surface area contributed by atoms with Crippen LogP contribution in [-0.4, -0.2) is 18.5 Å². The molecule has 0 bridgehead atoms. The summed E-state index contributed by atoms with van der Waals surface area (Å²) < 4.78 is 0. The fourth-order valence-electron chi connectivity index (χ4n) is 1.67. The van der Waals surface area contributed by atoms with Gasteiger partial charge in [-0.15, -0.1) is 0 Å². The minimum Gasteiger partial charge on any atom is -0.368 e. The monoisotopic (exact) mass is 244 g/mol. The van der Waals surface area contributed by atoms with Gasteiger partial charge in [-0.3, -0.25) is 10.1 Å². The molecule has 1 aromatic carbocycles. The first-order valence-electron chi connectivity index (χ1n) is 5.29. The van der Waals surface area contributed by atoms with E-state index < -0.39 is 4.92 Å². The smallest absolute Gasteiger partial charge is 0.310 e. The van der Waals surface area contributed by atoms with Gasteiger partial charge in [0.15, 0.2) is 0 Å². The Hall–Kier alpha value is -2.60. The van der Waals surface area contributed by atoms with Gasteiger partial charge >= 0.3 is 5.69 Å². The van der Waals surface area contributed by atoms with Gasteiger partial charge in [0, 0.05) is 13.6 Å². The van der Waals surface area contributed by atoms with Crippen molar-refractivity contribution < 1.29 is 4.92 Å². The Morgan fingerprint density at radius 1 is 1.50 bits per heavy atom. The van der Waals surface area contributed by atoms with Gasteiger partial charge in [0.1, 0.15) is 17.3 Å². The van der Waals surface area contributed by atoms with E-state index in [1.165, 1.54) is 6.07 Å². The van der Waals surface area contributed by atoms with Crippen LogP contribution in [0.3, 0.4) is 0 Å². The molecule has 6 nitrogen and oxygen atoms in total. The fourth-order valence-corrected chi connectivity index (χ4v) is 1.67. The summed E-state index contributed by atoms with van der Waals surface area (Å²) in [6, 6.07) is 8.44. The van der Waals surface area contributed by atoms with Gasteiger partial charge in [-0.2, -0.15) is 10.5 Å². The lowest BCUT2D eigenvalue weighted by Crippen LogP contribution is -2.24. The molecule has 0 N–H and O–H groups in total. The third-order valence-electron chi connectivity index (χ3n) is 2.50. The number of hydrogen-bond acceptors (Lipinski definition) is 5. The summed E-state index contributed by atoms with van der Waals surface area (Å²) in [5.41, 5.74) is 0.155. The van der Waals surface area contributed by atoms with Crippen LogP contribution < -0.4 is 4.90 Å². The first-order chi connectivity index (χ1) is 8.51. The van der Waals surface area contributed by atoms with Crippen molar-refractivity contribution in [2.24, 2.45) is 5.92 Å². The number of nitrogens with zero attached hydrogens (tertiary/aromatic N) is 4. The molecule has 1 atom stereocenters. The molecule has 0 aliphatic rings. The number of hydrogen-bond donors (Lipinski definition) is 0. The Bertz CT molecular complexity index is 542. The third-order valence-corrected chi connectivity index (χ3v) is 2.50. The van der Waals surface area contributed by atoms with E-state index in [9.17, 15) is 10.1 Å². The van der Waals surface area contributed by atoms with Crippen molar-refractivity contribution in [3.05, 3.63) is 33.9 Å². The van der Waals surface area contributed by atoms with Gasteiger partial charge in [-0.05, 0) is 19.1 Å². The number of nitriles is 2. The molecule has 1 rings (SSSR count). The van der Waals surface area contributed by atoms with E-state index >= 15 is 0 Å². The number of rotatable bonds is 4. The van der Waals surface area contributed by atoms with Crippen molar-refractivity contribution in [3.8, 4) is 12.1 Å².